The van der Waals surface area contributed by atoms with Crippen LogP contribution in [0.25, 0.3) is 11.1 Å². The molecule has 0 atom stereocenters. The molecule has 0 bridgehead atoms. The minimum absolute atomic E-state index is 0.185. The number of hydrogen-bond acceptors (Lipinski definition) is 5. The number of fused-ring (bicyclic) bond motifs is 1. The predicted molar refractivity (Wildman–Crippen MR) is 104 cm³/mol. The molecule has 1 saturated heterocycles. The van der Waals surface area contributed by atoms with Gasteiger partial charge in [-0.25, -0.2) is 4.98 Å². The molecule has 7 heteroatoms. The number of carbonyl (C=O) groups excluding carboxylic acids is 1. The summed E-state index contributed by atoms with van der Waals surface area (Å²) >= 11 is 0. The number of aromatic nitrogens is 2. The monoisotopic (exact) mass is 366 g/mol. The van der Waals surface area contributed by atoms with Crippen molar-refractivity contribution in [2.75, 3.05) is 23.3 Å². The van der Waals surface area contributed by atoms with E-state index in [1.54, 1.807) is 14.0 Å². The number of piperidine rings is 1. The van der Waals surface area contributed by atoms with Crippen molar-refractivity contribution in [3.63, 3.8) is 0 Å². The fraction of sp³-hybridized carbons (Fsp3) is 0.350. The maximum absolute atomic E-state index is 13.0. The lowest BCUT2D eigenvalue weighted by Crippen LogP contribution is -2.30. The first-order valence-corrected chi connectivity index (χ1v) is 9.16. The zero-order valence-electron chi connectivity index (χ0n) is 15.5. The van der Waals surface area contributed by atoms with Gasteiger partial charge in [-0.05, 0) is 38.3 Å². The van der Waals surface area contributed by atoms with E-state index in [9.17, 15) is 9.59 Å². The molecule has 1 aliphatic rings. The van der Waals surface area contributed by atoms with Gasteiger partial charge >= 0.3 is 0 Å². The highest BCUT2D eigenvalue weighted by Crippen LogP contribution is 2.30. The summed E-state index contributed by atoms with van der Waals surface area (Å²) in [6.07, 6.45) is 4.92. The standard InChI is InChI=1S/C20H22N4O3/c1-13-16(17-19(27-13)21-12-23(2)20(17)26)18(25)22-14-8-4-5-9-15(14)24-10-6-3-7-11-24/h4-5,8-9,12H,3,6-7,10-11H2,1-2H3,(H,22,25). The Morgan fingerprint density at radius 1 is 1.19 bits per heavy atom. The van der Waals surface area contributed by atoms with Crippen molar-refractivity contribution in [2.45, 2.75) is 26.2 Å². The fourth-order valence-electron chi connectivity index (χ4n) is 3.64. The molecule has 1 N–H and O–H groups in total. The highest BCUT2D eigenvalue weighted by Gasteiger charge is 2.24. The Hall–Kier alpha value is -3.09. The van der Waals surface area contributed by atoms with Gasteiger partial charge in [0.15, 0.2) is 0 Å². The summed E-state index contributed by atoms with van der Waals surface area (Å²) in [6.45, 7) is 3.63. The molecule has 4 rings (SSSR count). The Morgan fingerprint density at radius 3 is 2.70 bits per heavy atom. The molecule has 0 saturated carbocycles. The maximum Gasteiger partial charge on any atom is 0.265 e. The van der Waals surface area contributed by atoms with Crippen LogP contribution in [0.5, 0.6) is 0 Å². The molecule has 0 spiro atoms. The summed E-state index contributed by atoms with van der Waals surface area (Å²) in [7, 11) is 1.60. The van der Waals surface area contributed by atoms with Gasteiger partial charge in [0, 0.05) is 20.1 Å². The SMILES string of the molecule is Cc1oc2ncn(C)c(=O)c2c1C(=O)Nc1ccccc1N1CCCCC1. The van der Waals surface area contributed by atoms with Crippen molar-refractivity contribution < 1.29 is 9.21 Å². The number of rotatable bonds is 3. The molecule has 0 aliphatic carbocycles. The first kappa shape index (κ1) is 17.3. The third kappa shape index (κ3) is 3.09. The molecule has 0 unspecified atom stereocenters. The van der Waals surface area contributed by atoms with E-state index in [0.29, 0.717) is 5.76 Å². The van der Waals surface area contributed by atoms with Gasteiger partial charge in [-0.15, -0.1) is 0 Å². The quantitative estimate of drug-likeness (QED) is 0.770. The summed E-state index contributed by atoms with van der Waals surface area (Å²) < 4.78 is 6.89. The molecule has 3 heterocycles. The van der Waals surface area contributed by atoms with Crippen LogP contribution in [-0.2, 0) is 7.05 Å². The van der Waals surface area contributed by atoms with E-state index in [0.717, 1.165) is 37.3 Å². The smallest absolute Gasteiger partial charge is 0.265 e. The van der Waals surface area contributed by atoms with Gasteiger partial charge in [0.2, 0.25) is 5.71 Å². The van der Waals surface area contributed by atoms with Crippen LogP contribution in [0.2, 0.25) is 0 Å². The number of nitrogens with zero attached hydrogens (tertiary/aromatic N) is 3. The van der Waals surface area contributed by atoms with Gasteiger partial charge in [-0.1, -0.05) is 12.1 Å². The lowest BCUT2D eigenvalue weighted by atomic mass is 10.1. The van der Waals surface area contributed by atoms with Crippen LogP contribution in [0.1, 0.15) is 35.4 Å². The number of aryl methyl sites for hydroxylation is 2. The lowest BCUT2D eigenvalue weighted by Gasteiger charge is -2.30. The van der Waals surface area contributed by atoms with Gasteiger partial charge in [0.25, 0.3) is 11.5 Å². The van der Waals surface area contributed by atoms with Crippen molar-refractivity contribution >= 4 is 28.4 Å². The molecule has 1 amide bonds. The van der Waals surface area contributed by atoms with E-state index in [1.807, 2.05) is 24.3 Å². The average molecular weight is 366 g/mol. The van der Waals surface area contributed by atoms with Crippen molar-refractivity contribution in [3.05, 3.63) is 52.3 Å². The molecule has 1 aliphatic heterocycles. The number of carbonyl (C=O) groups is 1. The van der Waals surface area contributed by atoms with E-state index in [2.05, 4.69) is 15.2 Å². The third-order valence-electron chi connectivity index (χ3n) is 5.02. The number of para-hydroxylation sites is 2. The first-order chi connectivity index (χ1) is 13.1. The van der Waals surface area contributed by atoms with Crippen molar-refractivity contribution in [1.29, 1.82) is 0 Å². The molecule has 27 heavy (non-hydrogen) atoms. The van der Waals surface area contributed by atoms with E-state index in [-0.39, 0.29) is 28.1 Å². The summed E-state index contributed by atoms with van der Waals surface area (Å²) in [5.74, 6) is 0.0227. The molecular weight excluding hydrogens is 344 g/mol. The van der Waals surface area contributed by atoms with Crippen molar-refractivity contribution in [2.24, 2.45) is 7.05 Å². The number of anilines is 2. The Balaban J connectivity index is 1.72. The fourth-order valence-corrected chi connectivity index (χ4v) is 3.64. The molecule has 3 aromatic rings. The van der Waals surface area contributed by atoms with Crippen LogP contribution in [0.3, 0.4) is 0 Å². The van der Waals surface area contributed by atoms with Gasteiger partial charge in [-0.3, -0.25) is 9.59 Å². The third-order valence-corrected chi connectivity index (χ3v) is 5.02. The second-order valence-electron chi connectivity index (χ2n) is 6.89. The maximum atomic E-state index is 13.0. The van der Waals surface area contributed by atoms with Crippen LogP contribution < -0.4 is 15.8 Å². The number of amides is 1. The van der Waals surface area contributed by atoms with Crippen LogP contribution in [0.15, 0.2) is 39.8 Å². The zero-order valence-corrected chi connectivity index (χ0v) is 15.5. The summed E-state index contributed by atoms with van der Waals surface area (Å²) in [5.41, 5.74) is 1.87. The molecule has 1 fully saturated rings. The van der Waals surface area contributed by atoms with Gasteiger partial charge in [0.1, 0.15) is 17.5 Å². The van der Waals surface area contributed by atoms with E-state index >= 15 is 0 Å². The first-order valence-electron chi connectivity index (χ1n) is 9.16. The van der Waals surface area contributed by atoms with Gasteiger partial charge in [-0.2, -0.15) is 0 Å². The minimum Gasteiger partial charge on any atom is -0.442 e. The van der Waals surface area contributed by atoms with Gasteiger partial charge in [0.05, 0.1) is 16.9 Å². The Kier molecular flexibility index (Phi) is 4.43. The molecular formula is C20H22N4O3. The second-order valence-corrected chi connectivity index (χ2v) is 6.89. The Morgan fingerprint density at radius 2 is 1.93 bits per heavy atom. The summed E-state index contributed by atoms with van der Waals surface area (Å²) in [5, 5.41) is 3.19. The largest absolute Gasteiger partial charge is 0.442 e. The number of furan rings is 1. The predicted octanol–water partition coefficient (Wildman–Crippen LogP) is 3.08. The zero-order chi connectivity index (χ0) is 19.0. The van der Waals surface area contributed by atoms with E-state index in [1.165, 1.54) is 17.3 Å². The Bertz CT molecular complexity index is 1060. The molecule has 2 aromatic heterocycles. The van der Waals surface area contributed by atoms with E-state index < -0.39 is 0 Å². The minimum atomic E-state index is -0.360. The van der Waals surface area contributed by atoms with Crippen LogP contribution in [-0.4, -0.2) is 28.5 Å². The topological polar surface area (TPSA) is 80.4 Å². The molecule has 1 aromatic carbocycles. The van der Waals surface area contributed by atoms with Crippen LogP contribution in [0.4, 0.5) is 11.4 Å². The lowest BCUT2D eigenvalue weighted by molar-refractivity contribution is 0.102. The highest BCUT2D eigenvalue weighted by atomic mass is 16.3. The molecule has 7 nitrogen and oxygen atoms in total. The molecule has 0 radical (unpaired) electrons. The molecule has 140 valence electrons. The van der Waals surface area contributed by atoms with Gasteiger partial charge < -0.3 is 19.2 Å². The number of hydrogen-bond donors (Lipinski definition) is 1. The highest BCUT2D eigenvalue weighted by molar-refractivity contribution is 6.13. The van der Waals surface area contributed by atoms with Crippen molar-refractivity contribution in [1.82, 2.24) is 9.55 Å². The number of benzene rings is 1. The Labute approximate surface area is 156 Å². The van der Waals surface area contributed by atoms with E-state index in [4.69, 9.17) is 4.42 Å². The average Bonchev–Trinajstić information content (AvgIpc) is 3.03. The summed E-state index contributed by atoms with van der Waals surface area (Å²) in [4.78, 5) is 32.0. The summed E-state index contributed by atoms with van der Waals surface area (Å²) in [6, 6.07) is 7.76. The van der Waals surface area contributed by atoms with Crippen LogP contribution >= 0.6 is 0 Å². The number of nitrogens with one attached hydrogen (secondary N) is 1. The normalized spacial score (nSPS) is 14.5. The van der Waals surface area contributed by atoms with Crippen molar-refractivity contribution in [3.8, 4) is 0 Å². The van der Waals surface area contributed by atoms with Crippen LogP contribution in [0, 0.1) is 6.92 Å². The second kappa shape index (κ2) is 6.90.